The number of benzene rings is 2. The molecule has 0 spiro atoms. The lowest BCUT2D eigenvalue weighted by Crippen LogP contribution is -2.22. The molecule has 1 atom stereocenters. The fourth-order valence-electron chi connectivity index (χ4n) is 2.03. The minimum Gasteiger partial charge on any atom is -0.479 e. The monoisotopic (exact) mass is 327 g/mol. The van der Waals surface area contributed by atoms with E-state index in [4.69, 9.17) is 14.9 Å². The Morgan fingerprint density at radius 3 is 2.38 bits per heavy atom. The van der Waals surface area contributed by atoms with Gasteiger partial charge >= 0.3 is 11.9 Å². The van der Waals surface area contributed by atoms with Crippen LogP contribution >= 0.6 is 0 Å². The molecule has 0 saturated heterocycles. The number of nitrogens with zero attached hydrogens (tertiary/aromatic N) is 1. The van der Waals surface area contributed by atoms with Crippen LogP contribution in [0, 0.1) is 6.92 Å². The number of aromatic carboxylic acids is 1. The first kappa shape index (κ1) is 17.2. The molecule has 0 fully saturated rings. The number of aliphatic imine (C=N–C) groups is 1. The number of carboxylic acids is 2. The number of aliphatic carboxylic acids is 1. The number of rotatable bonds is 6. The van der Waals surface area contributed by atoms with Crippen LogP contribution in [0.2, 0.25) is 0 Å². The van der Waals surface area contributed by atoms with Gasteiger partial charge in [0.25, 0.3) is 0 Å². The summed E-state index contributed by atoms with van der Waals surface area (Å²) in [6, 6.07) is 11.7. The molecule has 2 rings (SSSR count). The molecule has 6 nitrogen and oxygen atoms in total. The second-order valence-corrected chi connectivity index (χ2v) is 5.18. The van der Waals surface area contributed by atoms with Crippen LogP contribution in [0.1, 0.15) is 28.4 Å². The third-order valence-corrected chi connectivity index (χ3v) is 3.43. The highest BCUT2D eigenvalue weighted by Crippen LogP contribution is 2.22. The van der Waals surface area contributed by atoms with E-state index in [1.165, 1.54) is 13.0 Å². The maximum atomic E-state index is 11.1. The molecular formula is C18H17NO5. The van der Waals surface area contributed by atoms with Gasteiger partial charge in [0, 0.05) is 6.21 Å². The standard InChI is InChI=1S/C18H17NO5/c1-11-15(18(22)23)4-3-5-16(11)19-10-13-6-8-14(9-7-13)24-12(2)17(20)21/h3-10,12H,1-2H3,(H,20,21)(H,22,23)/t12-/m1/s1. The molecule has 0 radical (unpaired) electrons. The van der Waals surface area contributed by atoms with Crippen LogP contribution in [0.5, 0.6) is 5.75 Å². The Hall–Kier alpha value is -3.15. The lowest BCUT2D eigenvalue weighted by atomic mass is 10.1. The van der Waals surface area contributed by atoms with E-state index in [1.54, 1.807) is 49.5 Å². The van der Waals surface area contributed by atoms with Gasteiger partial charge in [0.1, 0.15) is 5.75 Å². The van der Waals surface area contributed by atoms with Crippen molar-refractivity contribution in [2.75, 3.05) is 0 Å². The Kier molecular flexibility index (Phi) is 5.31. The fraction of sp³-hybridized carbons (Fsp3) is 0.167. The van der Waals surface area contributed by atoms with Crippen LogP contribution in [0.25, 0.3) is 0 Å². The first-order valence-electron chi connectivity index (χ1n) is 7.25. The molecule has 24 heavy (non-hydrogen) atoms. The molecule has 0 aliphatic heterocycles. The van der Waals surface area contributed by atoms with Gasteiger partial charge in [-0.2, -0.15) is 0 Å². The van der Waals surface area contributed by atoms with E-state index in [0.29, 0.717) is 17.0 Å². The van der Waals surface area contributed by atoms with Crippen molar-refractivity contribution >= 4 is 23.8 Å². The molecule has 0 aliphatic rings. The van der Waals surface area contributed by atoms with E-state index in [9.17, 15) is 9.59 Å². The third-order valence-electron chi connectivity index (χ3n) is 3.43. The molecule has 0 saturated carbocycles. The van der Waals surface area contributed by atoms with Gasteiger partial charge < -0.3 is 14.9 Å². The maximum Gasteiger partial charge on any atom is 0.344 e. The molecule has 6 heteroatoms. The summed E-state index contributed by atoms with van der Waals surface area (Å²) in [5.41, 5.74) is 2.17. The predicted octanol–water partition coefficient (Wildman–Crippen LogP) is 3.30. The number of ether oxygens (including phenoxy) is 1. The van der Waals surface area contributed by atoms with Crippen LogP contribution < -0.4 is 4.74 Å². The summed E-state index contributed by atoms with van der Waals surface area (Å²) in [7, 11) is 0. The van der Waals surface area contributed by atoms with Gasteiger partial charge in [0.05, 0.1) is 11.3 Å². The van der Waals surface area contributed by atoms with Crippen molar-refractivity contribution in [2.24, 2.45) is 4.99 Å². The normalized spacial score (nSPS) is 12.1. The van der Waals surface area contributed by atoms with Gasteiger partial charge in [-0.05, 0) is 61.4 Å². The average Bonchev–Trinajstić information content (AvgIpc) is 2.54. The summed E-state index contributed by atoms with van der Waals surface area (Å²) in [5.74, 6) is -1.57. The zero-order chi connectivity index (χ0) is 17.7. The van der Waals surface area contributed by atoms with E-state index in [-0.39, 0.29) is 5.56 Å². The third kappa shape index (κ3) is 4.19. The van der Waals surface area contributed by atoms with Crippen molar-refractivity contribution in [3.63, 3.8) is 0 Å². The quantitative estimate of drug-likeness (QED) is 0.794. The highest BCUT2D eigenvalue weighted by atomic mass is 16.5. The molecule has 2 N–H and O–H groups in total. The predicted molar refractivity (Wildman–Crippen MR) is 89.6 cm³/mol. The van der Waals surface area contributed by atoms with Crippen LogP contribution in [-0.2, 0) is 4.79 Å². The van der Waals surface area contributed by atoms with E-state index in [1.807, 2.05) is 0 Å². The summed E-state index contributed by atoms with van der Waals surface area (Å²) >= 11 is 0. The molecule has 2 aromatic carbocycles. The van der Waals surface area contributed by atoms with Gasteiger partial charge in [-0.25, -0.2) is 9.59 Å². The number of hydrogen-bond donors (Lipinski definition) is 2. The van der Waals surface area contributed by atoms with Crippen molar-refractivity contribution in [3.8, 4) is 5.75 Å². The molecule has 0 bridgehead atoms. The number of carboxylic acid groups (broad SMARTS) is 2. The van der Waals surface area contributed by atoms with Gasteiger partial charge in [0.2, 0.25) is 0 Å². The second-order valence-electron chi connectivity index (χ2n) is 5.18. The molecule has 0 amide bonds. The van der Waals surface area contributed by atoms with E-state index in [2.05, 4.69) is 4.99 Å². The van der Waals surface area contributed by atoms with E-state index >= 15 is 0 Å². The van der Waals surface area contributed by atoms with Crippen LogP contribution in [0.4, 0.5) is 5.69 Å². The molecule has 0 heterocycles. The Morgan fingerprint density at radius 2 is 1.79 bits per heavy atom. The summed E-state index contributed by atoms with van der Waals surface area (Å²) < 4.78 is 5.25. The summed E-state index contributed by atoms with van der Waals surface area (Å²) in [6.07, 6.45) is 0.684. The van der Waals surface area contributed by atoms with Gasteiger partial charge in [0.15, 0.2) is 6.10 Å². The molecule has 0 aliphatic carbocycles. The second kappa shape index (κ2) is 7.41. The van der Waals surface area contributed by atoms with Crippen molar-refractivity contribution < 1.29 is 24.5 Å². The molecule has 0 unspecified atom stereocenters. The van der Waals surface area contributed by atoms with Crippen LogP contribution in [-0.4, -0.2) is 34.5 Å². The van der Waals surface area contributed by atoms with Crippen LogP contribution in [0.3, 0.4) is 0 Å². The summed E-state index contributed by atoms with van der Waals surface area (Å²) in [5, 5.41) is 17.9. The van der Waals surface area contributed by atoms with E-state index < -0.39 is 18.0 Å². The zero-order valence-corrected chi connectivity index (χ0v) is 13.3. The highest BCUT2D eigenvalue weighted by molar-refractivity contribution is 5.91. The summed E-state index contributed by atoms with van der Waals surface area (Å²) in [6.45, 7) is 3.16. The Morgan fingerprint density at radius 1 is 1.12 bits per heavy atom. The lowest BCUT2D eigenvalue weighted by Gasteiger charge is -2.10. The minimum atomic E-state index is -1.03. The summed E-state index contributed by atoms with van der Waals surface area (Å²) in [4.78, 5) is 26.2. The molecular weight excluding hydrogens is 310 g/mol. The fourth-order valence-corrected chi connectivity index (χ4v) is 2.03. The Labute approximate surface area is 139 Å². The van der Waals surface area contributed by atoms with Crippen molar-refractivity contribution in [2.45, 2.75) is 20.0 Å². The average molecular weight is 327 g/mol. The number of hydrogen-bond acceptors (Lipinski definition) is 4. The van der Waals surface area contributed by atoms with Gasteiger partial charge in [-0.15, -0.1) is 0 Å². The minimum absolute atomic E-state index is 0.219. The molecule has 124 valence electrons. The largest absolute Gasteiger partial charge is 0.479 e. The van der Waals surface area contributed by atoms with Crippen LogP contribution in [0.15, 0.2) is 47.5 Å². The number of carbonyl (C=O) groups is 2. The lowest BCUT2D eigenvalue weighted by molar-refractivity contribution is -0.144. The molecule has 0 aromatic heterocycles. The zero-order valence-electron chi connectivity index (χ0n) is 13.3. The van der Waals surface area contributed by atoms with Crippen molar-refractivity contribution in [1.82, 2.24) is 0 Å². The first-order chi connectivity index (χ1) is 11.4. The first-order valence-corrected chi connectivity index (χ1v) is 7.25. The van der Waals surface area contributed by atoms with E-state index in [0.717, 1.165) is 5.56 Å². The van der Waals surface area contributed by atoms with Gasteiger partial charge in [-0.1, -0.05) is 6.07 Å². The SMILES string of the molecule is Cc1c(N=Cc2ccc(O[C@H](C)C(=O)O)cc2)cccc1C(=O)O. The smallest absolute Gasteiger partial charge is 0.344 e. The highest BCUT2D eigenvalue weighted by Gasteiger charge is 2.12. The van der Waals surface area contributed by atoms with Crippen molar-refractivity contribution in [1.29, 1.82) is 0 Å². The van der Waals surface area contributed by atoms with Crippen molar-refractivity contribution in [3.05, 3.63) is 59.2 Å². The van der Waals surface area contributed by atoms with Gasteiger partial charge in [-0.3, -0.25) is 4.99 Å². The maximum absolute atomic E-state index is 11.1. The molecule has 2 aromatic rings. The Balaban J connectivity index is 2.14. The topological polar surface area (TPSA) is 96.2 Å². The Bertz CT molecular complexity index is 780.